The van der Waals surface area contributed by atoms with Crippen LogP contribution in [0.25, 0.3) is 0 Å². The van der Waals surface area contributed by atoms with Crippen molar-refractivity contribution in [2.45, 2.75) is 88.7 Å². The molecule has 2 aromatic carbocycles. The van der Waals surface area contributed by atoms with Gasteiger partial charge in [-0.2, -0.15) is 8.42 Å². The molecule has 4 atom stereocenters. The number of nitrogens with one attached hydrogen (secondary N) is 1. The summed E-state index contributed by atoms with van der Waals surface area (Å²) in [7, 11) is -4.02. The lowest BCUT2D eigenvalue weighted by atomic mass is 9.53. The predicted molar refractivity (Wildman–Crippen MR) is 143 cm³/mol. The quantitative estimate of drug-likeness (QED) is 0.459. The Balaban J connectivity index is 0.000000245. The number of carbonyl (C=O) groups is 1. The van der Waals surface area contributed by atoms with E-state index in [4.69, 9.17) is 9.29 Å². The standard InChI is InChI=1S/C22H31NO3.C7H8O3S/c1-14(21(2,3)20(24)25)26-16-8-7-15-12-19-17-6-4-5-9-22(17,10-11-23-19)18(15)13-16;1-6-2-4-7(5-3-6)11(8,9)10/h7-8,13-14,17,19,23H,4-6,9-12H2,1-3H3,(H,24,25);2-5H,1H3,(H,8,9,10)/t14?,17-,19+,22+;/m0./s1. The molecule has 202 valence electrons. The number of hydrogen-bond acceptors (Lipinski definition) is 5. The zero-order chi connectivity index (χ0) is 27.0. The lowest BCUT2D eigenvalue weighted by molar-refractivity contribution is -0.151. The maximum atomic E-state index is 11.5. The third-order valence-corrected chi connectivity index (χ3v) is 9.69. The third-order valence-electron chi connectivity index (χ3n) is 8.82. The van der Waals surface area contributed by atoms with Crippen LogP contribution in [0.15, 0.2) is 47.4 Å². The van der Waals surface area contributed by atoms with Gasteiger partial charge in [-0.1, -0.05) is 36.6 Å². The number of hydrogen-bond donors (Lipinski definition) is 3. The van der Waals surface area contributed by atoms with E-state index in [1.54, 1.807) is 26.0 Å². The van der Waals surface area contributed by atoms with Crippen molar-refractivity contribution in [1.82, 2.24) is 5.32 Å². The van der Waals surface area contributed by atoms with Crippen molar-refractivity contribution in [3.63, 3.8) is 0 Å². The summed E-state index contributed by atoms with van der Waals surface area (Å²) < 4.78 is 35.7. The molecule has 7 nitrogen and oxygen atoms in total. The minimum atomic E-state index is -4.02. The molecule has 0 spiro atoms. The second-order valence-electron chi connectivity index (χ2n) is 11.4. The van der Waals surface area contributed by atoms with Crippen molar-refractivity contribution in [2.24, 2.45) is 11.3 Å². The van der Waals surface area contributed by atoms with Crippen molar-refractivity contribution in [3.05, 3.63) is 59.2 Å². The number of piperidine rings is 1. The van der Waals surface area contributed by atoms with E-state index >= 15 is 0 Å². The van der Waals surface area contributed by atoms with E-state index in [-0.39, 0.29) is 11.0 Å². The summed E-state index contributed by atoms with van der Waals surface area (Å²) in [5.41, 5.74) is 3.28. The van der Waals surface area contributed by atoms with Gasteiger partial charge < -0.3 is 15.2 Å². The van der Waals surface area contributed by atoms with Gasteiger partial charge in [-0.15, -0.1) is 0 Å². The first kappa shape index (κ1) is 27.6. The van der Waals surface area contributed by atoms with Gasteiger partial charge >= 0.3 is 5.97 Å². The Kier molecular flexibility index (Phi) is 7.75. The lowest BCUT2D eigenvalue weighted by Gasteiger charge is -2.56. The normalized spacial score (nSPS) is 25.5. The molecule has 1 heterocycles. The summed E-state index contributed by atoms with van der Waals surface area (Å²) in [6.45, 7) is 8.26. The Morgan fingerprint density at radius 2 is 1.84 bits per heavy atom. The van der Waals surface area contributed by atoms with Crippen LogP contribution in [0.1, 0.15) is 69.6 Å². The Bertz CT molecular complexity index is 1240. The minimum Gasteiger partial charge on any atom is -0.490 e. The van der Waals surface area contributed by atoms with E-state index in [1.165, 1.54) is 55.4 Å². The van der Waals surface area contributed by atoms with E-state index in [9.17, 15) is 18.3 Å². The molecule has 0 amide bonds. The summed E-state index contributed by atoms with van der Waals surface area (Å²) in [5, 5.41) is 13.2. The van der Waals surface area contributed by atoms with Crippen LogP contribution in [0.3, 0.4) is 0 Å². The lowest BCUT2D eigenvalue weighted by Crippen LogP contribution is -2.59. The number of benzene rings is 2. The van der Waals surface area contributed by atoms with Crippen molar-refractivity contribution >= 4 is 16.1 Å². The van der Waals surface area contributed by atoms with Gasteiger partial charge in [-0.3, -0.25) is 9.35 Å². The number of fused-ring (bicyclic) bond motifs is 1. The van der Waals surface area contributed by atoms with E-state index < -0.39 is 21.5 Å². The van der Waals surface area contributed by atoms with Crippen LogP contribution in [0.2, 0.25) is 0 Å². The topological polar surface area (TPSA) is 113 Å². The molecule has 2 aromatic rings. The molecule has 2 fully saturated rings. The molecule has 1 saturated carbocycles. The van der Waals surface area contributed by atoms with Gasteiger partial charge in [0.1, 0.15) is 11.9 Å². The van der Waals surface area contributed by atoms with E-state index in [2.05, 4.69) is 17.4 Å². The molecule has 3 aliphatic rings. The van der Waals surface area contributed by atoms with E-state index in [0.717, 1.165) is 30.2 Å². The first-order valence-corrected chi connectivity index (χ1v) is 14.6. The van der Waals surface area contributed by atoms with Gasteiger partial charge in [-0.25, -0.2) is 0 Å². The van der Waals surface area contributed by atoms with Crippen LogP contribution >= 0.6 is 0 Å². The zero-order valence-electron chi connectivity index (χ0n) is 22.2. The van der Waals surface area contributed by atoms with E-state index in [1.807, 2.05) is 19.9 Å². The SMILES string of the molecule is CC(Oc1ccc2c(c1)[C@@]13CCCC[C@H]1[C@@H](C2)NCC3)C(C)(C)C(=O)O.Cc1ccc(S(=O)(=O)O)cc1. The Labute approximate surface area is 220 Å². The molecule has 1 saturated heterocycles. The summed E-state index contributed by atoms with van der Waals surface area (Å²) in [6, 6.07) is 13.1. The average molecular weight is 530 g/mol. The monoisotopic (exact) mass is 529 g/mol. The second kappa shape index (κ2) is 10.4. The summed E-state index contributed by atoms with van der Waals surface area (Å²) in [5.74, 6) is 0.733. The molecule has 0 aromatic heterocycles. The molecule has 37 heavy (non-hydrogen) atoms. The zero-order valence-corrected chi connectivity index (χ0v) is 23.0. The fourth-order valence-corrected chi connectivity index (χ4v) is 6.69. The average Bonchev–Trinajstić information content (AvgIpc) is 2.84. The molecule has 0 radical (unpaired) electrons. The molecule has 3 N–H and O–H groups in total. The van der Waals surface area contributed by atoms with Crippen molar-refractivity contribution in [3.8, 4) is 5.75 Å². The van der Waals surface area contributed by atoms with Gasteiger partial charge in [0, 0.05) is 11.5 Å². The Morgan fingerprint density at radius 3 is 2.49 bits per heavy atom. The number of rotatable bonds is 5. The van der Waals surface area contributed by atoms with E-state index in [0.29, 0.717) is 11.5 Å². The van der Waals surface area contributed by atoms with Crippen molar-refractivity contribution in [2.75, 3.05) is 6.54 Å². The van der Waals surface area contributed by atoms with Crippen LogP contribution in [-0.4, -0.2) is 42.7 Å². The molecule has 2 bridgehead atoms. The van der Waals surface area contributed by atoms with Gasteiger partial charge in [-0.05, 0) is 101 Å². The molecule has 5 rings (SSSR count). The summed E-state index contributed by atoms with van der Waals surface area (Å²) >= 11 is 0. The number of aliphatic carboxylic acids is 1. The summed E-state index contributed by atoms with van der Waals surface area (Å²) in [6.07, 6.45) is 7.20. The smallest absolute Gasteiger partial charge is 0.312 e. The highest BCUT2D eigenvalue weighted by atomic mass is 32.2. The Morgan fingerprint density at radius 1 is 1.14 bits per heavy atom. The largest absolute Gasteiger partial charge is 0.490 e. The minimum absolute atomic E-state index is 0.0666. The molecule has 8 heteroatoms. The maximum Gasteiger partial charge on any atom is 0.312 e. The van der Waals surface area contributed by atoms with Crippen LogP contribution in [-0.2, 0) is 26.7 Å². The van der Waals surface area contributed by atoms with Gasteiger partial charge in [0.25, 0.3) is 10.1 Å². The number of aryl methyl sites for hydroxylation is 1. The fourth-order valence-electron chi connectivity index (χ4n) is 6.21. The van der Waals surface area contributed by atoms with Gasteiger partial charge in [0.05, 0.1) is 10.3 Å². The molecular formula is C29H39NO6S. The van der Waals surface area contributed by atoms with Crippen LogP contribution in [0.5, 0.6) is 5.75 Å². The number of carboxylic acids is 1. The third kappa shape index (κ3) is 5.56. The molecule has 1 aliphatic heterocycles. The highest BCUT2D eigenvalue weighted by molar-refractivity contribution is 7.85. The van der Waals surface area contributed by atoms with Crippen LogP contribution < -0.4 is 10.1 Å². The fraction of sp³-hybridized carbons (Fsp3) is 0.552. The van der Waals surface area contributed by atoms with Crippen molar-refractivity contribution < 1.29 is 27.6 Å². The molecule has 1 unspecified atom stereocenters. The highest BCUT2D eigenvalue weighted by Crippen LogP contribution is 2.54. The van der Waals surface area contributed by atoms with Crippen LogP contribution in [0, 0.1) is 18.3 Å². The highest BCUT2D eigenvalue weighted by Gasteiger charge is 2.51. The number of carboxylic acid groups (broad SMARTS) is 1. The Hall–Kier alpha value is -2.42. The number of ether oxygens (including phenoxy) is 1. The molecule has 2 aliphatic carbocycles. The first-order valence-electron chi connectivity index (χ1n) is 13.2. The molecular weight excluding hydrogens is 490 g/mol. The van der Waals surface area contributed by atoms with Crippen molar-refractivity contribution in [1.29, 1.82) is 0 Å². The summed E-state index contributed by atoms with van der Waals surface area (Å²) in [4.78, 5) is 11.5. The van der Waals surface area contributed by atoms with Crippen LogP contribution in [0.4, 0.5) is 0 Å². The van der Waals surface area contributed by atoms with Gasteiger partial charge in [0.15, 0.2) is 0 Å². The first-order chi connectivity index (χ1) is 17.3. The maximum absolute atomic E-state index is 11.5. The second-order valence-corrected chi connectivity index (χ2v) is 12.8. The predicted octanol–water partition coefficient (Wildman–Crippen LogP) is 5.15. The van der Waals surface area contributed by atoms with Gasteiger partial charge in [0.2, 0.25) is 0 Å².